The van der Waals surface area contributed by atoms with Crippen molar-refractivity contribution < 1.29 is 0 Å². The van der Waals surface area contributed by atoms with Gasteiger partial charge in [0.15, 0.2) is 0 Å². The van der Waals surface area contributed by atoms with Crippen LogP contribution in [0.15, 0.2) is 0 Å². The highest BCUT2D eigenvalue weighted by atomic mass is 14.9. The summed E-state index contributed by atoms with van der Waals surface area (Å²) in [6.07, 6.45) is 16.1. The van der Waals surface area contributed by atoms with Gasteiger partial charge in [0.2, 0.25) is 0 Å². The normalized spacial score (nSPS) is 30.2. The highest BCUT2D eigenvalue weighted by Gasteiger charge is 2.21. The first-order chi connectivity index (χ1) is 8.38. The van der Waals surface area contributed by atoms with E-state index in [-0.39, 0.29) is 0 Å². The molecule has 0 heterocycles. The molecule has 1 nitrogen and oxygen atoms in total. The van der Waals surface area contributed by atoms with E-state index in [9.17, 15) is 0 Å². The average Bonchev–Trinajstić information content (AvgIpc) is 3.13. The third kappa shape index (κ3) is 5.42. The van der Waals surface area contributed by atoms with Crippen molar-refractivity contribution in [1.29, 1.82) is 0 Å². The summed E-state index contributed by atoms with van der Waals surface area (Å²) in [5, 5.41) is 3.81. The summed E-state index contributed by atoms with van der Waals surface area (Å²) in [6, 6.07) is 0.844. The number of hydrogen-bond acceptors (Lipinski definition) is 1. The molecule has 100 valence electrons. The van der Waals surface area contributed by atoms with Crippen molar-refractivity contribution in [3.05, 3.63) is 0 Å². The molecule has 0 amide bonds. The van der Waals surface area contributed by atoms with E-state index < -0.39 is 0 Å². The molecule has 2 aliphatic rings. The van der Waals surface area contributed by atoms with Gasteiger partial charge >= 0.3 is 0 Å². The Labute approximate surface area is 108 Å². The average molecular weight is 237 g/mol. The molecule has 0 radical (unpaired) electrons. The molecular formula is C16H31N. The van der Waals surface area contributed by atoms with E-state index in [4.69, 9.17) is 0 Å². The Morgan fingerprint density at radius 3 is 2.41 bits per heavy atom. The molecule has 2 unspecified atom stereocenters. The lowest BCUT2D eigenvalue weighted by atomic mass is 9.95. The SMILES string of the molecule is CCCC1CCCC(NCCCC2CC2)CC1. The molecule has 2 saturated carbocycles. The topological polar surface area (TPSA) is 12.0 Å². The second kappa shape index (κ2) is 7.41. The summed E-state index contributed by atoms with van der Waals surface area (Å²) in [5.41, 5.74) is 0. The van der Waals surface area contributed by atoms with Gasteiger partial charge in [0, 0.05) is 6.04 Å². The molecule has 2 aliphatic carbocycles. The Hall–Kier alpha value is -0.0400. The summed E-state index contributed by atoms with van der Waals surface area (Å²) >= 11 is 0. The van der Waals surface area contributed by atoms with Crippen molar-refractivity contribution in [1.82, 2.24) is 5.32 Å². The third-order valence-corrected chi connectivity index (χ3v) is 4.70. The minimum absolute atomic E-state index is 0.844. The van der Waals surface area contributed by atoms with Crippen LogP contribution in [0.4, 0.5) is 0 Å². The second-order valence-electron chi connectivity index (χ2n) is 6.40. The quantitative estimate of drug-likeness (QED) is 0.507. The van der Waals surface area contributed by atoms with E-state index in [2.05, 4.69) is 12.2 Å². The fourth-order valence-corrected chi connectivity index (χ4v) is 3.38. The zero-order valence-corrected chi connectivity index (χ0v) is 11.7. The van der Waals surface area contributed by atoms with Crippen LogP contribution in [0.25, 0.3) is 0 Å². The van der Waals surface area contributed by atoms with Crippen LogP contribution in [0.2, 0.25) is 0 Å². The highest BCUT2D eigenvalue weighted by Crippen LogP contribution is 2.33. The maximum Gasteiger partial charge on any atom is 0.00671 e. The first-order valence-electron chi connectivity index (χ1n) is 8.12. The molecule has 17 heavy (non-hydrogen) atoms. The van der Waals surface area contributed by atoms with Gasteiger partial charge in [0.05, 0.1) is 0 Å². The molecule has 2 atom stereocenters. The fraction of sp³-hybridized carbons (Fsp3) is 1.00. The summed E-state index contributed by atoms with van der Waals surface area (Å²) in [5.74, 6) is 2.15. The molecule has 0 aromatic rings. The monoisotopic (exact) mass is 237 g/mol. The molecule has 1 heteroatoms. The summed E-state index contributed by atoms with van der Waals surface area (Å²) in [4.78, 5) is 0. The minimum atomic E-state index is 0.844. The lowest BCUT2D eigenvalue weighted by Gasteiger charge is -2.16. The number of hydrogen-bond donors (Lipinski definition) is 1. The highest BCUT2D eigenvalue weighted by molar-refractivity contribution is 4.76. The smallest absolute Gasteiger partial charge is 0.00671 e. The van der Waals surface area contributed by atoms with Crippen LogP contribution in [0.1, 0.15) is 77.6 Å². The third-order valence-electron chi connectivity index (χ3n) is 4.70. The second-order valence-corrected chi connectivity index (χ2v) is 6.40. The molecule has 0 saturated heterocycles. The van der Waals surface area contributed by atoms with E-state index in [0.29, 0.717) is 0 Å². The van der Waals surface area contributed by atoms with Crippen LogP contribution in [0.3, 0.4) is 0 Å². The predicted molar refractivity (Wildman–Crippen MR) is 75.2 cm³/mol. The Balaban J connectivity index is 1.54. The lowest BCUT2D eigenvalue weighted by Crippen LogP contribution is -2.29. The number of nitrogens with one attached hydrogen (secondary N) is 1. The zero-order valence-electron chi connectivity index (χ0n) is 11.7. The van der Waals surface area contributed by atoms with Crippen LogP contribution in [0.5, 0.6) is 0 Å². The molecule has 0 spiro atoms. The maximum absolute atomic E-state index is 3.81. The van der Waals surface area contributed by atoms with E-state index >= 15 is 0 Å². The van der Waals surface area contributed by atoms with Gasteiger partial charge in [0.25, 0.3) is 0 Å². The standard InChI is InChI=1S/C16H31N/c1-2-5-14-6-3-8-16(12-11-14)17-13-4-7-15-9-10-15/h14-17H,2-13H2,1H3. The number of rotatable bonds is 7. The summed E-state index contributed by atoms with van der Waals surface area (Å²) < 4.78 is 0. The van der Waals surface area contributed by atoms with E-state index in [1.807, 2.05) is 0 Å². The molecule has 1 N–H and O–H groups in total. The van der Waals surface area contributed by atoms with Crippen molar-refractivity contribution >= 4 is 0 Å². The molecule has 0 aromatic carbocycles. The molecule has 2 rings (SSSR count). The molecule has 0 bridgehead atoms. The van der Waals surface area contributed by atoms with Gasteiger partial charge in [-0.15, -0.1) is 0 Å². The van der Waals surface area contributed by atoms with Crippen LogP contribution in [0, 0.1) is 11.8 Å². The first kappa shape index (κ1) is 13.4. The van der Waals surface area contributed by atoms with Crippen LogP contribution < -0.4 is 5.32 Å². The largest absolute Gasteiger partial charge is 0.314 e. The van der Waals surface area contributed by atoms with Gasteiger partial charge in [-0.25, -0.2) is 0 Å². The Morgan fingerprint density at radius 2 is 1.65 bits per heavy atom. The Morgan fingerprint density at radius 1 is 0.882 bits per heavy atom. The Kier molecular flexibility index (Phi) is 5.84. The summed E-state index contributed by atoms with van der Waals surface area (Å²) in [6.45, 7) is 3.61. The fourth-order valence-electron chi connectivity index (χ4n) is 3.38. The van der Waals surface area contributed by atoms with Crippen molar-refractivity contribution in [3.8, 4) is 0 Å². The van der Waals surface area contributed by atoms with Crippen LogP contribution in [-0.2, 0) is 0 Å². The lowest BCUT2D eigenvalue weighted by molar-refractivity contribution is 0.408. The minimum Gasteiger partial charge on any atom is -0.314 e. The maximum atomic E-state index is 3.81. The molecular weight excluding hydrogens is 206 g/mol. The van der Waals surface area contributed by atoms with Gasteiger partial charge < -0.3 is 5.32 Å². The van der Waals surface area contributed by atoms with Gasteiger partial charge in [-0.1, -0.05) is 45.4 Å². The van der Waals surface area contributed by atoms with E-state index in [1.54, 1.807) is 0 Å². The molecule has 0 aliphatic heterocycles. The van der Waals surface area contributed by atoms with Crippen molar-refractivity contribution in [2.24, 2.45) is 11.8 Å². The van der Waals surface area contributed by atoms with Gasteiger partial charge in [-0.3, -0.25) is 0 Å². The summed E-state index contributed by atoms with van der Waals surface area (Å²) in [7, 11) is 0. The predicted octanol–water partition coefficient (Wildman–Crippen LogP) is 4.52. The van der Waals surface area contributed by atoms with Crippen molar-refractivity contribution in [2.45, 2.75) is 83.6 Å². The van der Waals surface area contributed by atoms with Gasteiger partial charge in [-0.05, 0) is 50.5 Å². The van der Waals surface area contributed by atoms with Crippen molar-refractivity contribution in [2.75, 3.05) is 6.54 Å². The van der Waals surface area contributed by atoms with Gasteiger partial charge in [0.1, 0.15) is 0 Å². The molecule has 2 fully saturated rings. The zero-order chi connectivity index (χ0) is 11.9. The van der Waals surface area contributed by atoms with E-state index in [0.717, 1.165) is 17.9 Å². The molecule has 0 aromatic heterocycles. The van der Waals surface area contributed by atoms with Gasteiger partial charge in [-0.2, -0.15) is 0 Å². The van der Waals surface area contributed by atoms with Crippen LogP contribution >= 0.6 is 0 Å². The van der Waals surface area contributed by atoms with Crippen molar-refractivity contribution in [3.63, 3.8) is 0 Å². The van der Waals surface area contributed by atoms with E-state index in [1.165, 1.54) is 77.2 Å². The first-order valence-corrected chi connectivity index (χ1v) is 8.12. The van der Waals surface area contributed by atoms with Crippen LogP contribution in [-0.4, -0.2) is 12.6 Å². The Bertz CT molecular complexity index is 198.